The van der Waals surface area contributed by atoms with Gasteiger partial charge in [0.1, 0.15) is 5.65 Å². The zero-order valence-electron chi connectivity index (χ0n) is 14.1. The molecular formula is C21H19N3O. The molecule has 0 radical (unpaired) electrons. The van der Waals surface area contributed by atoms with Crippen molar-refractivity contribution in [2.75, 3.05) is 7.05 Å². The summed E-state index contributed by atoms with van der Waals surface area (Å²) in [6.45, 7) is 1.44. The van der Waals surface area contributed by atoms with Crippen LogP contribution in [-0.2, 0) is 13.1 Å². The molecule has 0 saturated heterocycles. The second-order valence-electron chi connectivity index (χ2n) is 6.37. The predicted molar refractivity (Wildman–Crippen MR) is 101 cm³/mol. The lowest BCUT2D eigenvalue weighted by Crippen LogP contribution is -2.21. The summed E-state index contributed by atoms with van der Waals surface area (Å²) in [5.41, 5.74) is 2.68. The van der Waals surface area contributed by atoms with E-state index < -0.39 is 0 Å². The molecule has 0 aliphatic carbocycles. The average Bonchev–Trinajstić information content (AvgIpc) is 2.61. The average molecular weight is 329 g/mol. The molecule has 2 heterocycles. The fourth-order valence-corrected chi connectivity index (χ4v) is 3.17. The van der Waals surface area contributed by atoms with Crippen LogP contribution in [0.15, 0.2) is 77.7 Å². The van der Waals surface area contributed by atoms with Gasteiger partial charge < -0.3 is 0 Å². The van der Waals surface area contributed by atoms with Crippen LogP contribution in [0.3, 0.4) is 0 Å². The molecule has 0 spiro atoms. The molecule has 0 atom stereocenters. The maximum atomic E-state index is 12.2. The number of aromatic nitrogens is 2. The monoisotopic (exact) mass is 329 g/mol. The Morgan fingerprint density at radius 3 is 2.60 bits per heavy atom. The number of hydrogen-bond donors (Lipinski definition) is 0. The van der Waals surface area contributed by atoms with Crippen molar-refractivity contribution in [2.45, 2.75) is 13.1 Å². The van der Waals surface area contributed by atoms with Crippen molar-refractivity contribution in [3.05, 3.63) is 94.5 Å². The van der Waals surface area contributed by atoms with Crippen LogP contribution in [-0.4, -0.2) is 21.3 Å². The molecule has 4 heteroatoms. The van der Waals surface area contributed by atoms with Crippen molar-refractivity contribution in [3.63, 3.8) is 0 Å². The lowest BCUT2D eigenvalue weighted by atomic mass is 10.1. The van der Waals surface area contributed by atoms with Crippen molar-refractivity contribution in [1.29, 1.82) is 0 Å². The Bertz CT molecular complexity index is 1100. The standard InChI is InChI=1S/C21H19N3O/c1-23(14-16-9-10-17-6-2-3-7-18(17)12-16)15-19-13-21(25)24-11-5-4-8-20(24)22-19/h2-13H,14-15H2,1H3. The number of benzene rings is 2. The third kappa shape index (κ3) is 3.30. The van der Waals surface area contributed by atoms with Crippen molar-refractivity contribution in [3.8, 4) is 0 Å². The van der Waals surface area contributed by atoms with Crippen LogP contribution in [0.5, 0.6) is 0 Å². The molecule has 0 fully saturated rings. The molecule has 2 aromatic carbocycles. The van der Waals surface area contributed by atoms with Crippen molar-refractivity contribution >= 4 is 16.4 Å². The van der Waals surface area contributed by atoms with E-state index in [1.165, 1.54) is 16.3 Å². The fraction of sp³-hybridized carbons (Fsp3) is 0.143. The van der Waals surface area contributed by atoms with Crippen LogP contribution in [0.4, 0.5) is 0 Å². The molecule has 0 N–H and O–H groups in total. The summed E-state index contributed by atoms with van der Waals surface area (Å²) in [6.07, 6.45) is 1.74. The summed E-state index contributed by atoms with van der Waals surface area (Å²) in [7, 11) is 2.05. The molecular weight excluding hydrogens is 310 g/mol. The van der Waals surface area contributed by atoms with Crippen molar-refractivity contribution in [2.24, 2.45) is 0 Å². The van der Waals surface area contributed by atoms with Gasteiger partial charge in [-0.2, -0.15) is 0 Å². The molecule has 0 bridgehead atoms. The van der Waals surface area contributed by atoms with Crippen LogP contribution in [0.2, 0.25) is 0 Å². The minimum Gasteiger partial charge on any atom is -0.296 e. The summed E-state index contributed by atoms with van der Waals surface area (Å²) in [5, 5.41) is 2.49. The summed E-state index contributed by atoms with van der Waals surface area (Å²) in [6, 6.07) is 22.1. The van der Waals surface area contributed by atoms with Gasteiger partial charge in [-0.05, 0) is 41.6 Å². The molecule has 4 aromatic rings. The van der Waals surface area contributed by atoms with Crippen molar-refractivity contribution in [1.82, 2.24) is 14.3 Å². The SMILES string of the molecule is CN(Cc1ccc2ccccc2c1)Cc1cc(=O)n2ccccc2n1. The van der Waals surface area contributed by atoms with E-state index >= 15 is 0 Å². The highest BCUT2D eigenvalue weighted by atomic mass is 16.1. The summed E-state index contributed by atoms with van der Waals surface area (Å²) in [4.78, 5) is 19.0. The Morgan fingerprint density at radius 2 is 1.72 bits per heavy atom. The van der Waals surface area contributed by atoms with Gasteiger partial charge in [-0.15, -0.1) is 0 Å². The predicted octanol–water partition coefficient (Wildman–Crippen LogP) is 3.48. The molecule has 25 heavy (non-hydrogen) atoms. The third-order valence-corrected chi connectivity index (χ3v) is 4.32. The first-order chi connectivity index (χ1) is 12.2. The Labute approximate surface area is 146 Å². The molecule has 0 aliphatic heterocycles. The van der Waals surface area contributed by atoms with Gasteiger partial charge in [-0.3, -0.25) is 14.1 Å². The Hall–Kier alpha value is -2.98. The number of fused-ring (bicyclic) bond motifs is 2. The van der Waals surface area contributed by atoms with Gasteiger partial charge in [0.15, 0.2) is 0 Å². The first kappa shape index (κ1) is 15.5. The topological polar surface area (TPSA) is 37.6 Å². The first-order valence-corrected chi connectivity index (χ1v) is 8.32. The molecule has 0 unspecified atom stereocenters. The number of nitrogens with zero attached hydrogens (tertiary/aromatic N) is 3. The van der Waals surface area contributed by atoms with E-state index in [-0.39, 0.29) is 5.56 Å². The van der Waals surface area contributed by atoms with Gasteiger partial charge in [0.05, 0.1) is 5.69 Å². The largest absolute Gasteiger partial charge is 0.296 e. The van der Waals surface area contributed by atoms with Crippen LogP contribution in [0, 0.1) is 0 Å². The normalized spacial score (nSPS) is 11.4. The van der Waals surface area contributed by atoms with Gasteiger partial charge in [0.2, 0.25) is 0 Å². The zero-order valence-corrected chi connectivity index (χ0v) is 14.1. The van der Waals surface area contributed by atoms with E-state index in [1.807, 2.05) is 25.2 Å². The second-order valence-corrected chi connectivity index (χ2v) is 6.37. The minimum atomic E-state index is -0.0419. The molecule has 4 rings (SSSR count). The van der Waals surface area contributed by atoms with E-state index in [0.717, 1.165) is 12.2 Å². The highest BCUT2D eigenvalue weighted by Crippen LogP contribution is 2.17. The van der Waals surface area contributed by atoms with Crippen LogP contribution in [0.25, 0.3) is 16.4 Å². The fourth-order valence-electron chi connectivity index (χ4n) is 3.17. The lowest BCUT2D eigenvalue weighted by Gasteiger charge is -2.17. The van der Waals surface area contributed by atoms with Gasteiger partial charge >= 0.3 is 0 Å². The zero-order chi connectivity index (χ0) is 17.2. The Morgan fingerprint density at radius 1 is 0.920 bits per heavy atom. The van der Waals surface area contributed by atoms with Gasteiger partial charge in [-0.25, -0.2) is 4.98 Å². The third-order valence-electron chi connectivity index (χ3n) is 4.32. The maximum absolute atomic E-state index is 12.2. The van der Waals surface area contributed by atoms with Gasteiger partial charge in [0, 0.05) is 25.4 Å². The molecule has 124 valence electrons. The summed E-state index contributed by atoms with van der Waals surface area (Å²) >= 11 is 0. The van der Waals surface area contributed by atoms with E-state index in [4.69, 9.17) is 0 Å². The molecule has 0 aliphatic rings. The van der Waals surface area contributed by atoms with E-state index in [1.54, 1.807) is 16.7 Å². The molecule has 0 amide bonds. The Balaban J connectivity index is 1.55. The second kappa shape index (κ2) is 6.49. The molecule has 2 aromatic heterocycles. The van der Waals surface area contributed by atoms with E-state index in [0.29, 0.717) is 12.2 Å². The first-order valence-electron chi connectivity index (χ1n) is 8.32. The highest BCUT2D eigenvalue weighted by molar-refractivity contribution is 5.82. The van der Waals surface area contributed by atoms with E-state index in [2.05, 4.69) is 52.3 Å². The smallest absolute Gasteiger partial charge is 0.258 e. The molecule has 4 nitrogen and oxygen atoms in total. The number of rotatable bonds is 4. The van der Waals surface area contributed by atoms with Crippen molar-refractivity contribution < 1.29 is 0 Å². The quantitative estimate of drug-likeness (QED) is 0.575. The number of hydrogen-bond acceptors (Lipinski definition) is 3. The highest BCUT2D eigenvalue weighted by Gasteiger charge is 2.06. The number of pyridine rings is 1. The van der Waals surface area contributed by atoms with Gasteiger partial charge in [-0.1, -0.05) is 42.5 Å². The van der Waals surface area contributed by atoms with Gasteiger partial charge in [0.25, 0.3) is 5.56 Å². The van der Waals surface area contributed by atoms with Crippen LogP contribution < -0.4 is 5.56 Å². The van der Waals surface area contributed by atoms with E-state index in [9.17, 15) is 4.79 Å². The lowest BCUT2D eigenvalue weighted by molar-refractivity contribution is 0.315. The summed E-state index contributed by atoms with van der Waals surface area (Å²) in [5.74, 6) is 0. The maximum Gasteiger partial charge on any atom is 0.258 e. The Kier molecular flexibility index (Phi) is 4.04. The minimum absolute atomic E-state index is 0.0419. The van der Waals surface area contributed by atoms with Crippen LogP contribution >= 0.6 is 0 Å². The van der Waals surface area contributed by atoms with Crippen LogP contribution in [0.1, 0.15) is 11.3 Å². The molecule has 0 saturated carbocycles. The summed E-state index contributed by atoms with van der Waals surface area (Å²) < 4.78 is 1.56.